The van der Waals surface area contributed by atoms with Crippen molar-refractivity contribution in [2.45, 2.75) is 18.4 Å². The topological polar surface area (TPSA) is 96.9 Å². The Morgan fingerprint density at radius 2 is 1.81 bits per heavy atom. The molecule has 0 aliphatic heterocycles. The van der Waals surface area contributed by atoms with Gasteiger partial charge < -0.3 is 4.74 Å². The molecule has 0 radical (unpaired) electrons. The van der Waals surface area contributed by atoms with E-state index < -0.39 is 16.1 Å². The molecule has 2 aromatic rings. The Bertz CT molecular complexity index is 912. The molecular weight excluding hydrogens is 378 g/mol. The first kappa shape index (κ1) is 19.9. The number of methoxy groups -OCH3 is 1. The highest BCUT2D eigenvalue weighted by Gasteiger charge is 2.14. The van der Waals surface area contributed by atoms with Crippen LogP contribution in [0.15, 0.2) is 58.5 Å². The highest BCUT2D eigenvalue weighted by atomic mass is 35.5. The van der Waals surface area contributed by atoms with Crippen LogP contribution in [0, 0.1) is 0 Å². The average Bonchev–Trinajstić information content (AvgIpc) is 2.65. The first-order valence-electron chi connectivity index (χ1n) is 7.55. The number of carbonyl (C=O) groups excluding carboxylic acids is 1. The monoisotopic (exact) mass is 395 g/mol. The van der Waals surface area contributed by atoms with E-state index in [9.17, 15) is 13.2 Å². The lowest BCUT2D eigenvalue weighted by Crippen LogP contribution is -2.23. The van der Waals surface area contributed by atoms with Crippen molar-refractivity contribution in [1.82, 2.24) is 10.1 Å². The Hall–Kier alpha value is -2.42. The van der Waals surface area contributed by atoms with E-state index in [4.69, 9.17) is 11.6 Å². The van der Waals surface area contributed by atoms with Gasteiger partial charge in [0.25, 0.3) is 0 Å². The summed E-state index contributed by atoms with van der Waals surface area (Å²) in [5.74, 6) is 0. The summed E-state index contributed by atoms with van der Waals surface area (Å²) in [7, 11) is -2.45. The van der Waals surface area contributed by atoms with Crippen molar-refractivity contribution in [2.24, 2.45) is 5.10 Å². The molecule has 0 saturated carbocycles. The minimum atomic E-state index is -3.69. The summed E-state index contributed by atoms with van der Waals surface area (Å²) in [5.41, 5.74) is 4.05. The zero-order valence-corrected chi connectivity index (χ0v) is 15.8. The molecule has 2 N–H and O–H groups in total. The van der Waals surface area contributed by atoms with E-state index in [2.05, 4.69) is 20.0 Å². The minimum absolute atomic E-state index is 0.0906. The Labute approximate surface area is 157 Å². The fourth-order valence-electron chi connectivity index (χ4n) is 2.01. The minimum Gasteiger partial charge on any atom is -0.452 e. The second-order valence-corrected chi connectivity index (χ2v) is 7.42. The highest BCUT2D eigenvalue weighted by molar-refractivity contribution is 7.89. The second-order valence-electron chi connectivity index (χ2n) is 5.24. The van der Waals surface area contributed by atoms with Gasteiger partial charge in [0.15, 0.2) is 0 Å². The SMILES string of the molecule is COC(=O)N/N=C(/C)c1ccc(S(=O)(=O)NCc2ccccc2Cl)cc1. The molecule has 2 rings (SSSR count). The molecule has 7 nitrogen and oxygen atoms in total. The molecule has 2 aromatic carbocycles. The molecule has 0 heterocycles. The number of hydrogen-bond acceptors (Lipinski definition) is 5. The van der Waals surface area contributed by atoms with Gasteiger partial charge in [-0.25, -0.2) is 23.4 Å². The summed E-state index contributed by atoms with van der Waals surface area (Å²) >= 11 is 6.03. The van der Waals surface area contributed by atoms with Crippen LogP contribution in [0.2, 0.25) is 5.02 Å². The lowest BCUT2D eigenvalue weighted by Gasteiger charge is -2.09. The summed E-state index contributed by atoms with van der Waals surface area (Å²) in [5, 5.41) is 4.35. The van der Waals surface area contributed by atoms with E-state index >= 15 is 0 Å². The molecule has 0 bridgehead atoms. The zero-order chi connectivity index (χ0) is 19.2. The molecule has 0 aliphatic rings. The van der Waals surface area contributed by atoms with E-state index in [-0.39, 0.29) is 11.4 Å². The van der Waals surface area contributed by atoms with Crippen LogP contribution in [0.4, 0.5) is 4.79 Å². The first-order valence-corrected chi connectivity index (χ1v) is 9.41. The van der Waals surface area contributed by atoms with Crippen molar-refractivity contribution in [3.8, 4) is 0 Å². The number of hydrogen-bond donors (Lipinski definition) is 2. The van der Waals surface area contributed by atoms with Crippen molar-refractivity contribution < 1.29 is 17.9 Å². The number of nitrogens with zero attached hydrogens (tertiary/aromatic N) is 1. The zero-order valence-electron chi connectivity index (χ0n) is 14.2. The maximum absolute atomic E-state index is 12.4. The van der Waals surface area contributed by atoms with Gasteiger partial charge in [0.05, 0.1) is 17.7 Å². The van der Waals surface area contributed by atoms with Crippen molar-refractivity contribution in [3.05, 3.63) is 64.7 Å². The maximum Gasteiger partial charge on any atom is 0.427 e. The van der Waals surface area contributed by atoms with Crippen LogP contribution in [0.25, 0.3) is 0 Å². The van der Waals surface area contributed by atoms with Gasteiger partial charge in [0.2, 0.25) is 10.0 Å². The van der Waals surface area contributed by atoms with Crippen LogP contribution in [0.5, 0.6) is 0 Å². The Kier molecular flexibility index (Phi) is 6.73. The molecule has 0 fully saturated rings. The summed E-state index contributed by atoms with van der Waals surface area (Å²) in [6.45, 7) is 1.77. The van der Waals surface area contributed by atoms with Crippen molar-refractivity contribution >= 4 is 33.4 Å². The smallest absolute Gasteiger partial charge is 0.427 e. The molecule has 0 spiro atoms. The van der Waals surface area contributed by atoms with Gasteiger partial charge in [-0.05, 0) is 36.2 Å². The van der Waals surface area contributed by atoms with Crippen molar-refractivity contribution in [2.75, 3.05) is 7.11 Å². The number of benzene rings is 2. The molecule has 0 unspecified atom stereocenters. The predicted octanol–water partition coefficient (Wildman–Crippen LogP) is 2.90. The van der Waals surface area contributed by atoms with Gasteiger partial charge in [0, 0.05) is 11.6 Å². The fourth-order valence-corrected chi connectivity index (χ4v) is 3.22. The summed E-state index contributed by atoms with van der Waals surface area (Å²) in [4.78, 5) is 11.1. The molecule has 0 aromatic heterocycles. The molecule has 26 heavy (non-hydrogen) atoms. The number of hydrazone groups is 1. The third-order valence-corrected chi connectivity index (χ3v) is 5.28. The standard InChI is InChI=1S/C17H18ClN3O4S/c1-12(20-21-17(22)25-2)13-7-9-15(10-8-13)26(23,24)19-11-14-5-3-4-6-16(14)18/h3-10,19H,11H2,1-2H3,(H,21,22)/b20-12-. The number of nitrogens with one attached hydrogen (secondary N) is 2. The number of amides is 1. The van der Waals surface area contributed by atoms with E-state index in [1.807, 2.05) is 0 Å². The molecule has 1 amide bonds. The van der Waals surface area contributed by atoms with E-state index in [1.54, 1.807) is 43.3 Å². The van der Waals surface area contributed by atoms with Crippen LogP contribution in [0.1, 0.15) is 18.1 Å². The Morgan fingerprint density at radius 1 is 1.15 bits per heavy atom. The van der Waals surface area contributed by atoms with Crippen LogP contribution < -0.4 is 10.1 Å². The normalized spacial score (nSPS) is 11.9. The van der Waals surface area contributed by atoms with Gasteiger partial charge in [-0.3, -0.25) is 0 Å². The van der Waals surface area contributed by atoms with Crippen LogP contribution in [-0.2, 0) is 21.3 Å². The molecule has 9 heteroatoms. The van der Waals surface area contributed by atoms with Gasteiger partial charge >= 0.3 is 6.09 Å². The van der Waals surface area contributed by atoms with E-state index in [1.165, 1.54) is 19.2 Å². The van der Waals surface area contributed by atoms with E-state index in [0.29, 0.717) is 21.9 Å². The Morgan fingerprint density at radius 3 is 2.42 bits per heavy atom. The number of carbonyl (C=O) groups is 1. The number of rotatable bonds is 6. The van der Waals surface area contributed by atoms with Gasteiger partial charge in [-0.1, -0.05) is 41.9 Å². The van der Waals surface area contributed by atoms with Crippen LogP contribution in [-0.4, -0.2) is 27.3 Å². The quantitative estimate of drug-likeness (QED) is 0.580. The molecule has 0 atom stereocenters. The second kappa shape index (κ2) is 8.79. The molecule has 138 valence electrons. The van der Waals surface area contributed by atoms with Gasteiger partial charge in [-0.2, -0.15) is 5.10 Å². The largest absolute Gasteiger partial charge is 0.452 e. The number of ether oxygens (including phenoxy) is 1. The summed E-state index contributed by atoms with van der Waals surface area (Å²) < 4.78 is 31.7. The molecule has 0 saturated heterocycles. The lowest BCUT2D eigenvalue weighted by molar-refractivity contribution is 0.171. The predicted molar refractivity (Wildman–Crippen MR) is 99.7 cm³/mol. The third kappa shape index (κ3) is 5.29. The average molecular weight is 396 g/mol. The van der Waals surface area contributed by atoms with Gasteiger partial charge in [0.1, 0.15) is 0 Å². The number of halogens is 1. The van der Waals surface area contributed by atoms with E-state index in [0.717, 1.165) is 0 Å². The summed E-state index contributed by atoms with van der Waals surface area (Å²) in [6, 6.07) is 13.1. The molecule has 0 aliphatic carbocycles. The van der Waals surface area contributed by atoms with Crippen LogP contribution >= 0.6 is 11.6 Å². The third-order valence-electron chi connectivity index (χ3n) is 3.49. The number of sulfonamides is 1. The van der Waals surface area contributed by atoms with Crippen molar-refractivity contribution in [1.29, 1.82) is 0 Å². The summed E-state index contributed by atoms with van der Waals surface area (Å²) in [6.07, 6.45) is -0.688. The Balaban J connectivity index is 2.08. The molecular formula is C17H18ClN3O4S. The van der Waals surface area contributed by atoms with Crippen LogP contribution in [0.3, 0.4) is 0 Å². The highest BCUT2D eigenvalue weighted by Crippen LogP contribution is 2.16. The maximum atomic E-state index is 12.4. The fraction of sp³-hybridized carbons (Fsp3) is 0.176. The van der Waals surface area contributed by atoms with Gasteiger partial charge in [-0.15, -0.1) is 0 Å². The lowest BCUT2D eigenvalue weighted by atomic mass is 10.1. The first-order chi connectivity index (χ1) is 12.3. The van der Waals surface area contributed by atoms with Crippen molar-refractivity contribution in [3.63, 3.8) is 0 Å².